The third kappa shape index (κ3) is 3.50. The van der Waals surface area contributed by atoms with Crippen LogP contribution in [0.5, 0.6) is 0 Å². The van der Waals surface area contributed by atoms with Gasteiger partial charge in [0.1, 0.15) is 0 Å². The van der Waals surface area contributed by atoms with E-state index in [0.29, 0.717) is 10.6 Å². The average Bonchev–Trinajstić information content (AvgIpc) is 2.92. The van der Waals surface area contributed by atoms with Gasteiger partial charge in [0, 0.05) is 23.6 Å². The highest BCUT2D eigenvalue weighted by atomic mass is 79.9. The molecule has 1 amide bonds. The molecule has 1 saturated heterocycles. The van der Waals surface area contributed by atoms with Crippen molar-refractivity contribution in [2.45, 2.75) is 25.8 Å². The van der Waals surface area contributed by atoms with Crippen molar-refractivity contribution < 1.29 is 4.79 Å². The van der Waals surface area contributed by atoms with E-state index in [9.17, 15) is 4.79 Å². The van der Waals surface area contributed by atoms with Gasteiger partial charge in [0.2, 0.25) is 0 Å². The Bertz CT molecular complexity index is 461. The average molecular weight is 346 g/mol. The Balaban J connectivity index is 2.25. The molecule has 1 aromatic rings. The molecule has 1 fully saturated rings. The van der Waals surface area contributed by atoms with Crippen LogP contribution in [0.3, 0.4) is 0 Å². The Hall–Kier alpha value is -0.580. The van der Waals surface area contributed by atoms with Crippen molar-refractivity contribution in [3.05, 3.63) is 33.3 Å². The van der Waals surface area contributed by atoms with Gasteiger partial charge in [0.25, 0.3) is 5.91 Å². The summed E-state index contributed by atoms with van der Waals surface area (Å²) < 4.78 is 0.876. The minimum atomic E-state index is 0.0295. The molecule has 2 rings (SSSR count). The molecule has 0 bridgehead atoms. The van der Waals surface area contributed by atoms with Gasteiger partial charge in [0.15, 0.2) is 0 Å². The normalized spacial score (nSPS) is 18.6. The van der Waals surface area contributed by atoms with Gasteiger partial charge in [-0.25, -0.2) is 0 Å². The lowest BCUT2D eigenvalue weighted by Crippen LogP contribution is -2.42. The minimum Gasteiger partial charge on any atom is -0.334 e. The monoisotopic (exact) mass is 344 g/mol. The second-order valence-corrected chi connectivity index (χ2v) is 6.09. The van der Waals surface area contributed by atoms with Gasteiger partial charge in [-0.3, -0.25) is 4.79 Å². The first-order valence-electron chi connectivity index (χ1n) is 6.60. The minimum absolute atomic E-state index is 0.0295. The number of benzene rings is 1. The van der Waals surface area contributed by atoms with Crippen molar-refractivity contribution in [2.24, 2.45) is 0 Å². The molecule has 1 heterocycles. The topological polar surface area (TPSA) is 32.3 Å². The molecule has 1 aromatic carbocycles. The number of hydrogen-bond donors (Lipinski definition) is 1. The summed E-state index contributed by atoms with van der Waals surface area (Å²) in [6.45, 7) is 4.71. The number of carbonyl (C=O) groups excluding carboxylic acids is 1. The van der Waals surface area contributed by atoms with Crippen molar-refractivity contribution in [1.29, 1.82) is 0 Å². The van der Waals surface area contributed by atoms with E-state index in [1.54, 1.807) is 12.1 Å². The standard InChI is InChI=1S/C14H18BrClN2O/c1-2-7-18(11-5-6-17-9-11)14(19)12-8-10(15)3-4-13(12)16/h3-4,8,11,17H,2,5-7,9H2,1H3. The van der Waals surface area contributed by atoms with Crippen LogP contribution in [0.2, 0.25) is 5.02 Å². The van der Waals surface area contributed by atoms with E-state index in [-0.39, 0.29) is 11.9 Å². The van der Waals surface area contributed by atoms with Gasteiger partial charge in [-0.1, -0.05) is 34.5 Å². The van der Waals surface area contributed by atoms with Crippen LogP contribution in [0.25, 0.3) is 0 Å². The van der Waals surface area contributed by atoms with E-state index < -0.39 is 0 Å². The highest BCUT2D eigenvalue weighted by Crippen LogP contribution is 2.24. The van der Waals surface area contributed by atoms with Crippen molar-refractivity contribution in [3.8, 4) is 0 Å². The Morgan fingerprint density at radius 2 is 2.37 bits per heavy atom. The number of hydrogen-bond acceptors (Lipinski definition) is 2. The van der Waals surface area contributed by atoms with Gasteiger partial charge < -0.3 is 10.2 Å². The summed E-state index contributed by atoms with van der Waals surface area (Å²) in [4.78, 5) is 14.6. The predicted molar refractivity (Wildman–Crippen MR) is 81.8 cm³/mol. The number of nitrogens with one attached hydrogen (secondary N) is 1. The van der Waals surface area contributed by atoms with Crippen LogP contribution in [0.15, 0.2) is 22.7 Å². The molecule has 1 aliphatic heterocycles. The van der Waals surface area contributed by atoms with E-state index in [0.717, 1.165) is 36.9 Å². The zero-order valence-corrected chi connectivity index (χ0v) is 13.3. The summed E-state index contributed by atoms with van der Waals surface area (Å²) in [5.74, 6) is 0.0295. The lowest BCUT2D eigenvalue weighted by molar-refractivity contribution is 0.0692. The summed E-state index contributed by atoms with van der Waals surface area (Å²) in [6.07, 6.45) is 1.96. The highest BCUT2D eigenvalue weighted by Gasteiger charge is 2.27. The Kier molecular flexibility index (Phi) is 5.25. The van der Waals surface area contributed by atoms with Crippen molar-refractivity contribution in [1.82, 2.24) is 10.2 Å². The lowest BCUT2D eigenvalue weighted by atomic mass is 10.1. The molecule has 5 heteroatoms. The summed E-state index contributed by atoms with van der Waals surface area (Å²) >= 11 is 9.55. The number of carbonyl (C=O) groups is 1. The molecule has 0 aromatic heterocycles. The zero-order valence-electron chi connectivity index (χ0n) is 11.0. The molecule has 1 unspecified atom stereocenters. The largest absolute Gasteiger partial charge is 0.334 e. The number of halogens is 2. The van der Waals surface area contributed by atoms with E-state index in [2.05, 4.69) is 28.2 Å². The third-order valence-corrected chi connectivity index (χ3v) is 4.18. The summed E-state index contributed by atoms with van der Waals surface area (Å²) in [5.41, 5.74) is 0.580. The smallest absolute Gasteiger partial charge is 0.255 e. The summed E-state index contributed by atoms with van der Waals surface area (Å²) in [5, 5.41) is 3.82. The fraction of sp³-hybridized carbons (Fsp3) is 0.500. The third-order valence-electron chi connectivity index (χ3n) is 3.36. The van der Waals surface area contributed by atoms with Crippen LogP contribution in [0.4, 0.5) is 0 Å². The Morgan fingerprint density at radius 3 is 3.00 bits per heavy atom. The highest BCUT2D eigenvalue weighted by molar-refractivity contribution is 9.10. The van der Waals surface area contributed by atoms with Crippen LogP contribution < -0.4 is 5.32 Å². The molecule has 19 heavy (non-hydrogen) atoms. The molecule has 0 spiro atoms. The Labute approximate surface area is 127 Å². The van der Waals surface area contributed by atoms with E-state index in [1.165, 1.54) is 0 Å². The first kappa shape index (κ1) is 14.8. The molecule has 1 N–H and O–H groups in total. The molecule has 0 saturated carbocycles. The first-order chi connectivity index (χ1) is 9.13. The number of nitrogens with zero attached hydrogens (tertiary/aromatic N) is 1. The number of rotatable bonds is 4. The summed E-state index contributed by atoms with van der Waals surface area (Å²) in [7, 11) is 0. The van der Waals surface area contributed by atoms with E-state index >= 15 is 0 Å². The van der Waals surface area contributed by atoms with Crippen molar-refractivity contribution in [2.75, 3.05) is 19.6 Å². The quantitative estimate of drug-likeness (QED) is 0.908. The van der Waals surface area contributed by atoms with Gasteiger partial charge in [-0.2, -0.15) is 0 Å². The molecule has 104 valence electrons. The van der Waals surface area contributed by atoms with Crippen molar-refractivity contribution >= 4 is 33.4 Å². The van der Waals surface area contributed by atoms with Crippen LogP contribution in [0.1, 0.15) is 30.1 Å². The fourth-order valence-electron chi connectivity index (χ4n) is 2.41. The fourth-order valence-corrected chi connectivity index (χ4v) is 2.97. The zero-order chi connectivity index (χ0) is 13.8. The molecule has 1 atom stereocenters. The van der Waals surface area contributed by atoms with Gasteiger partial charge in [-0.15, -0.1) is 0 Å². The van der Waals surface area contributed by atoms with Gasteiger partial charge in [0.05, 0.1) is 10.6 Å². The maximum atomic E-state index is 12.7. The Morgan fingerprint density at radius 1 is 1.58 bits per heavy atom. The predicted octanol–water partition coefficient (Wildman–Crippen LogP) is 3.32. The van der Waals surface area contributed by atoms with E-state index in [1.807, 2.05) is 11.0 Å². The molecule has 0 aliphatic carbocycles. The van der Waals surface area contributed by atoms with E-state index in [4.69, 9.17) is 11.6 Å². The van der Waals surface area contributed by atoms with Crippen LogP contribution in [-0.2, 0) is 0 Å². The van der Waals surface area contributed by atoms with Crippen LogP contribution in [0, 0.1) is 0 Å². The molecular formula is C14H18BrClN2O. The molecule has 3 nitrogen and oxygen atoms in total. The second-order valence-electron chi connectivity index (χ2n) is 4.77. The summed E-state index contributed by atoms with van der Waals surface area (Å²) in [6, 6.07) is 5.69. The van der Waals surface area contributed by atoms with Crippen LogP contribution >= 0.6 is 27.5 Å². The second kappa shape index (κ2) is 6.73. The first-order valence-corrected chi connectivity index (χ1v) is 7.77. The lowest BCUT2D eigenvalue weighted by Gasteiger charge is -2.28. The molecule has 0 radical (unpaired) electrons. The van der Waals surface area contributed by atoms with Gasteiger partial charge in [-0.05, 0) is 37.6 Å². The van der Waals surface area contributed by atoms with Crippen molar-refractivity contribution in [3.63, 3.8) is 0 Å². The SMILES string of the molecule is CCCN(C(=O)c1cc(Br)ccc1Cl)C1CCNC1. The molecular weight excluding hydrogens is 328 g/mol. The van der Waals surface area contributed by atoms with Crippen LogP contribution in [-0.4, -0.2) is 36.5 Å². The maximum absolute atomic E-state index is 12.7. The molecule has 1 aliphatic rings. The van der Waals surface area contributed by atoms with Gasteiger partial charge >= 0.3 is 0 Å². The maximum Gasteiger partial charge on any atom is 0.255 e. The number of amides is 1.